The van der Waals surface area contributed by atoms with E-state index in [0.29, 0.717) is 39.3 Å². The maximum absolute atomic E-state index is 12.8. The first kappa shape index (κ1) is 17.4. The van der Waals surface area contributed by atoms with Crippen LogP contribution in [0.2, 0.25) is 0 Å². The van der Waals surface area contributed by atoms with Gasteiger partial charge in [-0.05, 0) is 38.5 Å². The van der Waals surface area contributed by atoms with Crippen LogP contribution in [0.5, 0.6) is 0 Å². The fourth-order valence-corrected chi connectivity index (χ4v) is 6.26. The van der Waals surface area contributed by atoms with Gasteiger partial charge in [0.1, 0.15) is 5.52 Å². The molecule has 0 radical (unpaired) electrons. The summed E-state index contributed by atoms with van der Waals surface area (Å²) in [5.41, 5.74) is 3.64. The highest BCUT2D eigenvalue weighted by Gasteiger charge is 2.34. The van der Waals surface area contributed by atoms with Gasteiger partial charge in [-0.2, -0.15) is 22.1 Å². The van der Waals surface area contributed by atoms with Crippen molar-refractivity contribution < 1.29 is 8.42 Å². The lowest BCUT2D eigenvalue weighted by Crippen LogP contribution is -2.52. The van der Waals surface area contributed by atoms with Crippen molar-refractivity contribution in [3.05, 3.63) is 23.7 Å². The Morgan fingerprint density at radius 1 is 0.852 bits per heavy atom. The quantitative estimate of drug-likeness (QED) is 0.784. The topological polar surface area (TPSA) is 74.1 Å². The van der Waals surface area contributed by atoms with Crippen LogP contribution in [0.4, 0.5) is 5.82 Å². The first-order valence-corrected chi connectivity index (χ1v) is 11.4. The Morgan fingerprint density at radius 3 is 2.33 bits per heavy atom. The third kappa shape index (κ3) is 2.92. The van der Waals surface area contributed by atoms with E-state index < -0.39 is 10.2 Å². The van der Waals surface area contributed by atoms with Crippen molar-refractivity contribution in [2.45, 2.75) is 38.5 Å². The predicted molar refractivity (Wildman–Crippen MR) is 103 cm³/mol. The molecule has 0 amide bonds. The highest BCUT2D eigenvalue weighted by atomic mass is 32.2. The zero-order valence-electron chi connectivity index (χ0n) is 15.5. The maximum atomic E-state index is 12.8. The fraction of sp³-hybridized carbons (Fsp3) is 0.667. The molecule has 0 N–H and O–H groups in total. The van der Waals surface area contributed by atoms with E-state index in [0.717, 1.165) is 37.0 Å². The highest BCUT2D eigenvalue weighted by Crippen LogP contribution is 2.31. The Hall–Kier alpha value is -1.71. The monoisotopic (exact) mass is 390 g/mol. The average molecular weight is 391 g/mol. The Labute approximate surface area is 159 Å². The largest absolute Gasteiger partial charge is 0.352 e. The fourth-order valence-electron chi connectivity index (χ4n) is 4.59. The van der Waals surface area contributed by atoms with Crippen molar-refractivity contribution in [2.75, 3.05) is 44.2 Å². The van der Waals surface area contributed by atoms with Crippen LogP contribution in [0.15, 0.2) is 12.4 Å². The summed E-state index contributed by atoms with van der Waals surface area (Å²) < 4.78 is 30.8. The number of aryl methyl sites for hydroxylation is 2. The first-order chi connectivity index (χ1) is 13.1. The first-order valence-electron chi connectivity index (χ1n) is 10.00. The number of hydrogen-bond donors (Lipinski definition) is 0. The van der Waals surface area contributed by atoms with Gasteiger partial charge in [0.05, 0.1) is 5.69 Å². The SMILES string of the molecule is O=S(=O)(N1CCCC1)N1CCN(c2nccn3nc4c(c23)CCCC4)CC1. The lowest BCUT2D eigenvalue weighted by molar-refractivity contribution is 0.343. The molecular formula is C18H26N6O2S. The minimum absolute atomic E-state index is 0.512. The van der Waals surface area contributed by atoms with Crippen LogP contribution in [-0.2, 0) is 23.1 Å². The Morgan fingerprint density at radius 2 is 1.56 bits per heavy atom. The number of anilines is 1. The number of fused-ring (bicyclic) bond motifs is 3. The van der Waals surface area contributed by atoms with Crippen LogP contribution in [0.1, 0.15) is 36.9 Å². The van der Waals surface area contributed by atoms with Gasteiger partial charge in [0.15, 0.2) is 5.82 Å². The van der Waals surface area contributed by atoms with Gasteiger partial charge in [-0.1, -0.05) is 0 Å². The summed E-state index contributed by atoms with van der Waals surface area (Å²) in [4.78, 5) is 6.89. The molecule has 3 aliphatic rings. The van der Waals surface area contributed by atoms with Crippen LogP contribution < -0.4 is 4.90 Å². The van der Waals surface area contributed by atoms with Crippen molar-refractivity contribution in [3.63, 3.8) is 0 Å². The van der Waals surface area contributed by atoms with Crippen molar-refractivity contribution in [1.82, 2.24) is 23.2 Å². The van der Waals surface area contributed by atoms with Crippen molar-refractivity contribution in [2.24, 2.45) is 0 Å². The van der Waals surface area contributed by atoms with Crippen LogP contribution in [0.3, 0.4) is 0 Å². The summed E-state index contributed by atoms with van der Waals surface area (Å²) in [6.45, 7) is 3.67. The average Bonchev–Trinajstić information content (AvgIpc) is 3.36. The van der Waals surface area contributed by atoms with E-state index >= 15 is 0 Å². The summed E-state index contributed by atoms with van der Waals surface area (Å²) >= 11 is 0. The molecule has 2 fully saturated rings. The zero-order chi connectivity index (χ0) is 18.4. The van der Waals surface area contributed by atoms with Gasteiger partial charge >= 0.3 is 0 Å². The molecule has 0 bridgehead atoms. The minimum atomic E-state index is -3.31. The van der Waals surface area contributed by atoms with E-state index in [4.69, 9.17) is 5.10 Å². The standard InChI is InChI=1S/C18H26N6O2S/c25-27(26,22-8-3-4-9-22)23-13-11-21(12-14-23)18-17-15-5-1-2-6-16(15)20-24(17)10-7-19-18/h7,10H,1-6,8-9,11-14H2. The van der Waals surface area contributed by atoms with E-state index in [2.05, 4.69) is 9.88 Å². The van der Waals surface area contributed by atoms with Gasteiger partial charge in [0.2, 0.25) is 0 Å². The van der Waals surface area contributed by atoms with Gasteiger partial charge in [0, 0.05) is 57.2 Å². The van der Waals surface area contributed by atoms with Gasteiger partial charge in [-0.25, -0.2) is 9.50 Å². The van der Waals surface area contributed by atoms with E-state index in [9.17, 15) is 8.42 Å². The minimum Gasteiger partial charge on any atom is -0.352 e. The second-order valence-electron chi connectivity index (χ2n) is 7.68. The summed E-state index contributed by atoms with van der Waals surface area (Å²) in [5, 5.41) is 4.75. The summed E-state index contributed by atoms with van der Waals surface area (Å²) in [7, 11) is -3.31. The van der Waals surface area contributed by atoms with Crippen LogP contribution >= 0.6 is 0 Å². The normalized spacial score (nSPS) is 22.4. The van der Waals surface area contributed by atoms with E-state index in [1.54, 1.807) is 14.8 Å². The third-order valence-corrected chi connectivity index (χ3v) is 8.09. The molecule has 0 atom stereocenters. The molecule has 2 saturated heterocycles. The number of aromatic nitrogens is 3. The lowest BCUT2D eigenvalue weighted by atomic mass is 9.97. The number of rotatable bonds is 3. The van der Waals surface area contributed by atoms with Crippen molar-refractivity contribution >= 4 is 21.5 Å². The summed E-state index contributed by atoms with van der Waals surface area (Å²) in [6, 6.07) is 0. The van der Waals surface area contributed by atoms with Crippen LogP contribution in [-0.4, -0.2) is 70.9 Å². The molecule has 2 aliphatic heterocycles. The molecule has 1 aliphatic carbocycles. The molecule has 5 rings (SSSR count). The van der Waals surface area contributed by atoms with Crippen LogP contribution in [0.25, 0.3) is 5.52 Å². The second-order valence-corrected chi connectivity index (χ2v) is 9.60. The molecule has 0 aromatic carbocycles. The number of piperazine rings is 1. The van der Waals surface area contributed by atoms with Crippen LogP contribution in [0, 0.1) is 0 Å². The lowest BCUT2D eigenvalue weighted by Gasteiger charge is -2.36. The second kappa shape index (κ2) is 6.72. The van der Waals surface area contributed by atoms with Gasteiger partial charge < -0.3 is 4.90 Å². The van der Waals surface area contributed by atoms with Crippen molar-refractivity contribution in [1.29, 1.82) is 0 Å². The molecule has 0 unspecified atom stereocenters. The Balaban J connectivity index is 1.39. The molecule has 27 heavy (non-hydrogen) atoms. The van der Waals surface area contributed by atoms with Gasteiger partial charge in [0.25, 0.3) is 10.2 Å². The van der Waals surface area contributed by atoms with E-state index in [1.165, 1.54) is 24.1 Å². The number of hydrogen-bond acceptors (Lipinski definition) is 5. The Bertz CT molecular complexity index is 942. The molecule has 8 nitrogen and oxygen atoms in total. The molecule has 2 aromatic heterocycles. The molecule has 2 aromatic rings. The molecule has 146 valence electrons. The summed E-state index contributed by atoms with van der Waals surface area (Å²) in [6.07, 6.45) is 10.2. The summed E-state index contributed by atoms with van der Waals surface area (Å²) in [5.74, 6) is 0.950. The molecule has 0 saturated carbocycles. The predicted octanol–water partition coefficient (Wildman–Crippen LogP) is 1.07. The van der Waals surface area contributed by atoms with Gasteiger partial charge in [-0.15, -0.1) is 0 Å². The third-order valence-electron chi connectivity index (χ3n) is 6.05. The zero-order valence-corrected chi connectivity index (χ0v) is 16.4. The highest BCUT2D eigenvalue weighted by molar-refractivity contribution is 7.86. The molecule has 4 heterocycles. The Kier molecular flexibility index (Phi) is 4.33. The van der Waals surface area contributed by atoms with Crippen molar-refractivity contribution in [3.8, 4) is 0 Å². The van der Waals surface area contributed by atoms with Gasteiger partial charge in [-0.3, -0.25) is 0 Å². The maximum Gasteiger partial charge on any atom is 0.282 e. The van der Waals surface area contributed by atoms with E-state index in [1.807, 2.05) is 10.7 Å². The molecule has 9 heteroatoms. The smallest absolute Gasteiger partial charge is 0.282 e. The number of nitrogens with zero attached hydrogens (tertiary/aromatic N) is 6. The molecule has 0 spiro atoms. The molecular weight excluding hydrogens is 364 g/mol. The van der Waals surface area contributed by atoms with E-state index in [-0.39, 0.29) is 0 Å².